The quantitative estimate of drug-likeness (QED) is 0.531. The molecule has 3 heterocycles. The molecule has 1 aromatic carbocycles. The highest BCUT2D eigenvalue weighted by atomic mass is 16.1. The van der Waals surface area contributed by atoms with Gasteiger partial charge in [-0.2, -0.15) is 5.10 Å². The van der Waals surface area contributed by atoms with Crippen LogP contribution in [0.15, 0.2) is 71.9 Å². The van der Waals surface area contributed by atoms with Crippen molar-refractivity contribution in [3.8, 4) is 11.3 Å². The fraction of sp³-hybridized carbons (Fsp3) is 0.292. The van der Waals surface area contributed by atoms with Gasteiger partial charge in [-0.05, 0) is 73.0 Å². The maximum absolute atomic E-state index is 12.4. The van der Waals surface area contributed by atoms with Crippen LogP contribution in [0.4, 0.5) is 0 Å². The van der Waals surface area contributed by atoms with E-state index in [-0.39, 0.29) is 11.6 Å². The standard InChI is InChI=1S/C24H25N5O/c30-24-10-9-23(19-2-1-12-25-16-19)28-29(24)21-6-4-20(5-7-21)27-15-17-3-8-22-18(14-17)11-13-26-22/h1-3,8-14,16,20-21,26-27H,4-7,15H2. The molecule has 6 heteroatoms. The first-order chi connectivity index (χ1) is 14.8. The lowest BCUT2D eigenvalue weighted by Crippen LogP contribution is -2.36. The average Bonchev–Trinajstić information content (AvgIpc) is 3.27. The second-order valence-electron chi connectivity index (χ2n) is 8.03. The summed E-state index contributed by atoms with van der Waals surface area (Å²) in [5, 5.41) is 9.59. The molecule has 0 bridgehead atoms. The van der Waals surface area contributed by atoms with Gasteiger partial charge in [0.05, 0.1) is 11.7 Å². The van der Waals surface area contributed by atoms with Gasteiger partial charge in [0.25, 0.3) is 5.56 Å². The summed E-state index contributed by atoms with van der Waals surface area (Å²) in [6.45, 7) is 0.866. The van der Waals surface area contributed by atoms with Gasteiger partial charge < -0.3 is 10.3 Å². The van der Waals surface area contributed by atoms with Crippen molar-refractivity contribution in [2.45, 2.75) is 44.3 Å². The van der Waals surface area contributed by atoms with Gasteiger partial charge in [0.1, 0.15) is 0 Å². The Morgan fingerprint density at radius 3 is 2.80 bits per heavy atom. The summed E-state index contributed by atoms with van der Waals surface area (Å²) in [5.41, 5.74) is 4.17. The Kier molecular flexibility index (Phi) is 5.15. The van der Waals surface area contributed by atoms with E-state index in [9.17, 15) is 4.79 Å². The third kappa shape index (κ3) is 3.91. The van der Waals surface area contributed by atoms with Crippen molar-refractivity contribution < 1.29 is 0 Å². The van der Waals surface area contributed by atoms with E-state index in [4.69, 9.17) is 0 Å². The van der Waals surface area contributed by atoms with Crippen molar-refractivity contribution in [2.24, 2.45) is 0 Å². The fourth-order valence-corrected chi connectivity index (χ4v) is 4.35. The van der Waals surface area contributed by atoms with Crippen molar-refractivity contribution >= 4 is 10.9 Å². The number of pyridine rings is 1. The molecule has 0 aliphatic heterocycles. The van der Waals surface area contributed by atoms with Crippen LogP contribution in [-0.4, -0.2) is 25.8 Å². The van der Waals surface area contributed by atoms with Crippen molar-refractivity contribution in [3.63, 3.8) is 0 Å². The molecular weight excluding hydrogens is 374 g/mol. The third-order valence-corrected chi connectivity index (χ3v) is 6.04. The summed E-state index contributed by atoms with van der Waals surface area (Å²) in [4.78, 5) is 19.8. The molecule has 1 aliphatic rings. The minimum atomic E-state index is -0.0288. The van der Waals surface area contributed by atoms with E-state index in [0.29, 0.717) is 6.04 Å². The normalized spacial score (nSPS) is 19.2. The second kappa shape index (κ2) is 8.24. The lowest BCUT2D eigenvalue weighted by atomic mass is 9.91. The molecule has 1 fully saturated rings. The number of hydrogen-bond acceptors (Lipinski definition) is 4. The van der Waals surface area contributed by atoms with Gasteiger partial charge in [-0.3, -0.25) is 9.78 Å². The number of aromatic nitrogens is 4. The lowest BCUT2D eigenvalue weighted by Gasteiger charge is -2.30. The number of aromatic amines is 1. The Bertz CT molecular complexity index is 1190. The first kappa shape index (κ1) is 18.8. The Labute approximate surface area is 175 Å². The van der Waals surface area contributed by atoms with Crippen LogP contribution in [-0.2, 0) is 6.54 Å². The maximum Gasteiger partial charge on any atom is 0.267 e. The molecule has 5 rings (SSSR count). The van der Waals surface area contributed by atoms with Crippen LogP contribution in [0.25, 0.3) is 22.2 Å². The molecule has 6 nitrogen and oxygen atoms in total. The molecule has 2 N–H and O–H groups in total. The predicted molar refractivity (Wildman–Crippen MR) is 118 cm³/mol. The summed E-state index contributed by atoms with van der Waals surface area (Å²) < 4.78 is 1.68. The van der Waals surface area contributed by atoms with E-state index in [2.05, 4.69) is 44.6 Å². The molecule has 1 aliphatic carbocycles. The molecule has 30 heavy (non-hydrogen) atoms. The van der Waals surface area contributed by atoms with Crippen LogP contribution in [0.2, 0.25) is 0 Å². The van der Waals surface area contributed by atoms with Gasteiger partial charge in [-0.15, -0.1) is 0 Å². The largest absolute Gasteiger partial charge is 0.361 e. The highest BCUT2D eigenvalue weighted by Crippen LogP contribution is 2.28. The van der Waals surface area contributed by atoms with Gasteiger partial charge in [0.2, 0.25) is 0 Å². The molecule has 0 amide bonds. The van der Waals surface area contributed by atoms with Crippen LogP contribution in [0.3, 0.4) is 0 Å². The van der Waals surface area contributed by atoms with Crippen molar-refractivity contribution in [1.29, 1.82) is 0 Å². The van der Waals surface area contributed by atoms with Gasteiger partial charge in [0.15, 0.2) is 0 Å². The number of hydrogen-bond donors (Lipinski definition) is 2. The lowest BCUT2D eigenvalue weighted by molar-refractivity contribution is 0.269. The van der Waals surface area contributed by atoms with Gasteiger partial charge in [-0.25, -0.2) is 4.68 Å². The van der Waals surface area contributed by atoms with Crippen LogP contribution in [0, 0.1) is 0 Å². The zero-order chi connectivity index (χ0) is 20.3. The minimum absolute atomic E-state index is 0.0288. The van der Waals surface area contributed by atoms with E-state index in [1.807, 2.05) is 18.3 Å². The van der Waals surface area contributed by atoms with Crippen molar-refractivity contribution in [3.05, 3.63) is 83.0 Å². The third-order valence-electron chi connectivity index (χ3n) is 6.04. The number of nitrogens with one attached hydrogen (secondary N) is 2. The van der Waals surface area contributed by atoms with E-state index >= 15 is 0 Å². The molecule has 4 aromatic rings. The zero-order valence-corrected chi connectivity index (χ0v) is 16.8. The Morgan fingerprint density at radius 2 is 1.97 bits per heavy atom. The van der Waals surface area contributed by atoms with Gasteiger partial charge >= 0.3 is 0 Å². The molecule has 0 spiro atoms. The summed E-state index contributed by atoms with van der Waals surface area (Å²) in [7, 11) is 0. The number of fused-ring (bicyclic) bond motifs is 1. The van der Waals surface area contributed by atoms with Crippen LogP contribution in [0.5, 0.6) is 0 Å². The van der Waals surface area contributed by atoms with Crippen molar-refractivity contribution in [1.82, 2.24) is 25.1 Å². The fourth-order valence-electron chi connectivity index (χ4n) is 4.35. The summed E-state index contributed by atoms with van der Waals surface area (Å²) in [6, 6.07) is 16.5. The predicted octanol–water partition coefficient (Wildman–Crippen LogP) is 4.06. The maximum atomic E-state index is 12.4. The van der Waals surface area contributed by atoms with Crippen LogP contribution < -0.4 is 10.9 Å². The summed E-state index contributed by atoms with van der Waals surface area (Å²) in [5.74, 6) is 0. The molecule has 0 atom stereocenters. The summed E-state index contributed by atoms with van der Waals surface area (Å²) in [6.07, 6.45) is 9.50. The smallest absolute Gasteiger partial charge is 0.267 e. The molecule has 152 valence electrons. The molecule has 0 unspecified atom stereocenters. The van der Waals surface area contributed by atoms with E-state index in [0.717, 1.165) is 43.5 Å². The minimum Gasteiger partial charge on any atom is -0.361 e. The highest BCUT2D eigenvalue weighted by Gasteiger charge is 2.23. The molecule has 0 saturated heterocycles. The Hall–Kier alpha value is -3.25. The summed E-state index contributed by atoms with van der Waals surface area (Å²) >= 11 is 0. The number of rotatable bonds is 5. The SMILES string of the molecule is O=c1ccc(-c2cccnc2)nn1C1CCC(NCc2ccc3[nH]ccc3c2)CC1. The molecule has 1 saturated carbocycles. The Balaban J connectivity index is 1.22. The monoisotopic (exact) mass is 399 g/mol. The first-order valence-corrected chi connectivity index (χ1v) is 10.6. The van der Waals surface area contributed by atoms with Gasteiger partial charge in [0, 0.05) is 48.3 Å². The molecular formula is C24H25N5O. The topological polar surface area (TPSA) is 75.6 Å². The van der Waals surface area contributed by atoms with Gasteiger partial charge in [-0.1, -0.05) is 6.07 Å². The average molecular weight is 399 g/mol. The van der Waals surface area contributed by atoms with E-state index in [1.54, 1.807) is 29.2 Å². The zero-order valence-electron chi connectivity index (χ0n) is 16.8. The highest BCUT2D eigenvalue weighted by molar-refractivity contribution is 5.79. The Morgan fingerprint density at radius 1 is 1.07 bits per heavy atom. The van der Waals surface area contributed by atoms with Crippen molar-refractivity contribution in [2.75, 3.05) is 0 Å². The first-order valence-electron chi connectivity index (χ1n) is 10.6. The van der Waals surface area contributed by atoms with E-state index < -0.39 is 0 Å². The number of H-pyrrole nitrogens is 1. The van der Waals surface area contributed by atoms with Crippen LogP contribution >= 0.6 is 0 Å². The second-order valence-corrected chi connectivity index (χ2v) is 8.03. The number of benzene rings is 1. The van der Waals surface area contributed by atoms with E-state index in [1.165, 1.54) is 16.5 Å². The number of nitrogens with zero attached hydrogens (tertiary/aromatic N) is 3. The molecule has 3 aromatic heterocycles. The molecule has 0 radical (unpaired) electrons. The van der Waals surface area contributed by atoms with Crippen LogP contribution in [0.1, 0.15) is 37.3 Å².